The monoisotopic (exact) mass is 364 g/mol. The minimum Gasteiger partial charge on any atom is -0.271 e. The Morgan fingerprint density at radius 3 is 2.33 bits per heavy atom. The van der Waals surface area contributed by atoms with Crippen molar-refractivity contribution in [2.24, 2.45) is 7.05 Å². The summed E-state index contributed by atoms with van der Waals surface area (Å²) in [6.07, 6.45) is 0.608. The fraction of sp³-hybridized carbons (Fsp3) is 0.400. The Hall–Kier alpha value is -0.410. The molecule has 2 nitrogen and oxygen atoms in total. The van der Waals surface area contributed by atoms with Gasteiger partial charge < -0.3 is 0 Å². The summed E-state index contributed by atoms with van der Waals surface area (Å²) >= 11 is 25.0. The lowest BCUT2D eigenvalue weighted by atomic mass is 9.80. The molecule has 0 N–H and O–H groups in total. The molecule has 0 radical (unpaired) electrons. The van der Waals surface area contributed by atoms with Gasteiger partial charge in [-0.15, -0.1) is 23.2 Å². The van der Waals surface area contributed by atoms with Gasteiger partial charge in [0, 0.05) is 35.7 Å². The first kappa shape index (κ1) is 17.0. The van der Waals surface area contributed by atoms with E-state index in [0.717, 1.165) is 17.0 Å². The number of hydrogen-bond acceptors (Lipinski definition) is 1. The molecule has 114 valence electrons. The highest BCUT2D eigenvalue weighted by molar-refractivity contribution is 6.32. The molecule has 6 heteroatoms. The van der Waals surface area contributed by atoms with Gasteiger partial charge in [-0.3, -0.25) is 4.68 Å². The molecule has 1 aromatic heterocycles. The van der Waals surface area contributed by atoms with E-state index in [1.165, 1.54) is 0 Å². The second kappa shape index (κ2) is 6.78. The quantitative estimate of drug-likeness (QED) is 0.682. The van der Waals surface area contributed by atoms with E-state index >= 15 is 0 Å². The van der Waals surface area contributed by atoms with Crippen molar-refractivity contribution in [2.45, 2.75) is 18.8 Å². The fourth-order valence-corrected chi connectivity index (χ4v) is 3.60. The van der Waals surface area contributed by atoms with E-state index in [2.05, 4.69) is 5.10 Å². The minimum atomic E-state index is -0.433. The van der Waals surface area contributed by atoms with Crippen molar-refractivity contribution in [3.8, 4) is 0 Å². The molecule has 21 heavy (non-hydrogen) atoms. The molecule has 0 aliphatic heterocycles. The van der Waals surface area contributed by atoms with Crippen LogP contribution in [0.15, 0.2) is 24.3 Å². The van der Waals surface area contributed by atoms with Crippen LogP contribution in [-0.4, -0.2) is 21.5 Å². The van der Waals surface area contributed by atoms with Crippen LogP contribution in [0.25, 0.3) is 0 Å². The van der Waals surface area contributed by atoms with Gasteiger partial charge >= 0.3 is 0 Å². The topological polar surface area (TPSA) is 17.8 Å². The molecule has 0 atom stereocenters. The van der Waals surface area contributed by atoms with Crippen LogP contribution >= 0.6 is 46.4 Å². The van der Waals surface area contributed by atoms with Gasteiger partial charge in [0.2, 0.25) is 0 Å². The molecule has 0 unspecified atom stereocenters. The summed E-state index contributed by atoms with van der Waals surface area (Å²) < 4.78 is 1.79. The SMILES string of the molecule is Cc1nn(C)c(CC(CCl)(CCl)c2cccc(Cl)c2)c1Cl. The third-order valence-electron chi connectivity index (χ3n) is 3.72. The largest absolute Gasteiger partial charge is 0.271 e. The number of hydrogen-bond donors (Lipinski definition) is 0. The Bertz CT molecular complexity index is 633. The van der Waals surface area contributed by atoms with Gasteiger partial charge in [0.15, 0.2) is 0 Å². The van der Waals surface area contributed by atoms with E-state index in [9.17, 15) is 0 Å². The summed E-state index contributed by atoms with van der Waals surface area (Å²) in [7, 11) is 1.87. The minimum absolute atomic E-state index is 0.372. The van der Waals surface area contributed by atoms with Gasteiger partial charge in [-0.1, -0.05) is 35.3 Å². The maximum Gasteiger partial charge on any atom is 0.0847 e. The normalized spacial score (nSPS) is 11.9. The maximum absolute atomic E-state index is 6.36. The third kappa shape index (κ3) is 3.34. The first-order valence-corrected chi connectivity index (χ1v) is 8.32. The van der Waals surface area contributed by atoms with Gasteiger partial charge in [-0.25, -0.2) is 0 Å². The molecule has 0 saturated heterocycles. The van der Waals surface area contributed by atoms with Crippen molar-refractivity contribution in [3.63, 3.8) is 0 Å². The predicted octanol–water partition coefficient (Wildman–Crippen LogP) is 4.99. The molecule has 0 saturated carbocycles. The van der Waals surface area contributed by atoms with Crippen molar-refractivity contribution >= 4 is 46.4 Å². The molecular formula is C15H16Cl4N2. The van der Waals surface area contributed by atoms with E-state index in [0.29, 0.717) is 28.2 Å². The summed E-state index contributed by atoms with van der Waals surface area (Å²) in [6.45, 7) is 1.88. The van der Waals surface area contributed by atoms with E-state index in [4.69, 9.17) is 46.4 Å². The summed E-state index contributed by atoms with van der Waals surface area (Å²) in [5, 5.41) is 5.68. The standard InChI is InChI=1S/C15H16Cl4N2/c1-10-14(19)13(21(2)20-10)7-15(8-16,9-17)11-4-3-5-12(18)6-11/h3-6H,7-9H2,1-2H3. The molecular weight excluding hydrogens is 350 g/mol. The molecule has 1 aromatic carbocycles. The van der Waals surface area contributed by atoms with Crippen molar-refractivity contribution in [3.05, 3.63) is 51.3 Å². The highest BCUT2D eigenvalue weighted by Gasteiger charge is 2.33. The van der Waals surface area contributed by atoms with Crippen LogP contribution in [-0.2, 0) is 18.9 Å². The van der Waals surface area contributed by atoms with E-state index < -0.39 is 5.41 Å². The molecule has 0 fully saturated rings. The van der Waals surface area contributed by atoms with Crippen LogP contribution in [0.3, 0.4) is 0 Å². The molecule has 0 aliphatic rings. The average molecular weight is 366 g/mol. The van der Waals surface area contributed by atoms with Crippen LogP contribution in [0.5, 0.6) is 0 Å². The zero-order chi connectivity index (χ0) is 15.6. The van der Waals surface area contributed by atoms with Crippen LogP contribution in [0.4, 0.5) is 0 Å². The lowest BCUT2D eigenvalue weighted by Gasteiger charge is -2.30. The summed E-state index contributed by atoms with van der Waals surface area (Å²) in [6, 6.07) is 7.64. The zero-order valence-electron chi connectivity index (χ0n) is 11.8. The number of halogens is 4. The maximum atomic E-state index is 6.36. The number of alkyl halides is 2. The lowest BCUT2D eigenvalue weighted by Crippen LogP contribution is -2.34. The third-order valence-corrected chi connectivity index (χ3v) is 5.47. The predicted molar refractivity (Wildman–Crippen MR) is 91.2 cm³/mol. The van der Waals surface area contributed by atoms with Crippen molar-refractivity contribution < 1.29 is 0 Å². The Labute approximate surface area is 144 Å². The lowest BCUT2D eigenvalue weighted by molar-refractivity contribution is 0.511. The second-order valence-electron chi connectivity index (χ2n) is 5.20. The Morgan fingerprint density at radius 2 is 1.86 bits per heavy atom. The van der Waals surface area contributed by atoms with Crippen LogP contribution < -0.4 is 0 Å². The highest BCUT2D eigenvalue weighted by atomic mass is 35.5. The average Bonchev–Trinajstić information content (AvgIpc) is 2.70. The number of aromatic nitrogens is 2. The molecule has 2 aromatic rings. The highest BCUT2D eigenvalue weighted by Crippen LogP contribution is 2.35. The number of rotatable bonds is 5. The van der Waals surface area contributed by atoms with Crippen molar-refractivity contribution in [1.82, 2.24) is 9.78 Å². The Morgan fingerprint density at radius 1 is 1.19 bits per heavy atom. The summed E-state index contributed by atoms with van der Waals surface area (Å²) in [5.41, 5.74) is 2.31. The number of benzene rings is 1. The Kier molecular flexibility index (Phi) is 5.48. The molecule has 2 rings (SSSR count). The van der Waals surface area contributed by atoms with E-state index in [1.807, 2.05) is 38.2 Å². The van der Waals surface area contributed by atoms with Crippen molar-refractivity contribution in [1.29, 1.82) is 0 Å². The summed E-state index contributed by atoms with van der Waals surface area (Å²) in [4.78, 5) is 0. The van der Waals surface area contributed by atoms with Gasteiger partial charge in [0.05, 0.1) is 16.4 Å². The van der Waals surface area contributed by atoms with Gasteiger partial charge in [0.1, 0.15) is 0 Å². The van der Waals surface area contributed by atoms with Crippen LogP contribution in [0, 0.1) is 6.92 Å². The molecule has 0 amide bonds. The molecule has 0 spiro atoms. The zero-order valence-corrected chi connectivity index (χ0v) is 14.9. The van der Waals surface area contributed by atoms with Crippen molar-refractivity contribution in [2.75, 3.05) is 11.8 Å². The van der Waals surface area contributed by atoms with Gasteiger partial charge in [-0.05, 0) is 24.6 Å². The smallest absolute Gasteiger partial charge is 0.0847 e. The van der Waals surface area contributed by atoms with Crippen LogP contribution in [0.1, 0.15) is 17.0 Å². The second-order valence-corrected chi connectivity index (χ2v) is 6.55. The molecule has 0 aliphatic carbocycles. The van der Waals surface area contributed by atoms with E-state index in [1.54, 1.807) is 4.68 Å². The number of nitrogens with zero attached hydrogens (tertiary/aromatic N) is 2. The Balaban J connectivity index is 2.48. The summed E-state index contributed by atoms with van der Waals surface area (Å²) in [5.74, 6) is 0.745. The fourth-order valence-electron chi connectivity index (χ4n) is 2.40. The molecule has 1 heterocycles. The first-order valence-electron chi connectivity index (χ1n) is 6.49. The molecule has 0 bridgehead atoms. The number of aryl methyl sites for hydroxylation is 2. The van der Waals surface area contributed by atoms with E-state index in [-0.39, 0.29) is 0 Å². The van der Waals surface area contributed by atoms with Gasteiger partial charge in [0.25, 0.3) is 0 Å². The van der Waals surface area contributed by atoms with Crippen LogP contribution in [0.2, 0.25) is 10.0 Å². The van der Waals surface area contributed by atoms with Gasteiger partial charge in [-0.2, -0.15) is 5.10 Å². The first-order chi connectivity index (χ1) is 9.93.